The number of rotatable bonds is 9. The first-order chi connectivity index (χ1) is 14.9. The van der Waals surface area contributed by atoms with Gasteiger partial charge in [0.25, 0.3) is 5.91 Å². The van der Waals surface area contributed by atoms with E-state index in [0.29, 0.717) is 13.1 Å². The van der Waals surface area contributed by atoms with Crippen LogP contribution in [0.15, 0.2) is 23.1 Å². The highest BCUT2D eigenvalue weighted by Crippen LogP contribution is 2.27. The van der Waals surface area contributed by atoms with Crippen molar-refractivity contribution in [2.45, 2.75) is 58.1 Å². The van der Waals surface area contributed by atoms with E-state index in [9.17, 15) is 22.8 Å². The van der Waals surface area contributed by atoms with Crippen LogP contribution in [0.25, 0.3) is 0 Å². The van der Waals surface area contributed by atoms with Gasteiger partial charge in [-0.25, -0.2) is 8.42 Å². The second-order valence-electron chi connectivity index (χ2n) is 7.84. The molecule has 178 valence electrons. The number of likely N-dealkylation sites (tertiary alicyclic amines) is 1. The number of hydrogen-bond acceptors (Lipinski definition) is 6. The van der Waals surface area contributed by atoms with Gasteiger partial charge in [-0.05, 0) is 39.0 Å². The fourth-order valence-electron chi connectivity index (χ4n) is 3.42. The highest BCUT2D eigenvalue weighted by molar-refractivity contribution is 7.89. The predicted molar refractivity (Wildman–Crippen MR) is 121 cm³/mol. The Morgan fingerprint density at radius 1 is 1.25 bits per heavy atom. The van der Waals surface area contributed by atoms with Crippen LogP contribution in [-0.2, 0) is 29.1 Å². The predicted octanol–water partition coefficient (Wildman–Crippen LogP) is 2.50. The molecule has 1 aliphatic heterocycles. The summed E-state index contributed by atoms with van der Waals surface area (Å²) in [4.78, 5) is 38.6. The van der Waals surface area contributed by atoms with Crippen LogP contribution in [0.4, 0.5) is 5.69 Å². The van der Waals surface area contributed by atoms with Crippen molar-refractivity contribution < 1.29 is 27.5 Å². The maximum atomic E-state index is 12.7. The fourth-order valence-corrected chi connectivity index (χ4v) is 5.07. The summed E-state index contributed by atoms with van der Waals surface area (Å²) in [7, 11) is -3.74. The lowest BCUT2D eigenvalue weighted by atomic mass is 10.1. The number of carbonyl (C=O) groups excluding carboxylic acids is 3. The van der Waals surface area contributed by atoms with Crippen LogP contribution in [-0.4, -0.2) is 67.2 Å². The molecule has 1 heterocycles. The number of ether oxygens (including phenoxy) is 1. The number of anilines is 1. The van der Waals surface area contributed by atoms with Crippen molar-refractivity contribution in [1.29, 1.82) is 0 Å². The minimum Gasteiger partial charge on any atom is -0.452 e. The molecule has 0 aromatic heterocycles. The first-order valence-electron chi connectivity index (χ1n) is 10.5. The van der Waals surface area contributed by atoms with Gasteiger partial charge in [0, 0.05) is 32.1 Å². The van der Waals surface area contributed by atoms with Crippen LogP contribution in [0.5, 0.6) is 0 Å². The monoisotopic (exact) mass is 487 g/mol. The first kappa shape index (κ1) is 26.1. The minimum absolute atomic E-state index is 0.0104. The summed E-state index contributed by atoms with van der Waals surface area (Å²) in [5, 5.41) is 2.66. The Balaban J connectivity index is 2.09. The quantitative estimate of drug-likeness (QED) is 0.535. The zero-order valence-corrected chi connectivity index (χ0v) is 20.5. The van der Waals surface area contributed by atoms with E-state index in [1.54, 1.807) is 18.7 Å². The fraction of sp³-hybridized carbons (Fsp3) is 0.571. The molecule has 0 spiro atoms. The molecule has 2 atom stereocenters. The van der Waals surface area contributed by atoms with Gasteiger partial charge in [0.1, 0.15) is 0 Å². The summed E-state index contributed by atoms with van der Waals surface area (Å²) in [5.74, 6) is -2.06. The number of carbonyl (C=O) groups is 3. The Kier molecular flexibility index (Phi) is 8.67. The largest absolute Gasteiger partial charge is 0.452 e. The number of nitrogens with zero attached hydrogens (tertiary/aromatic N) is 2. The van der Waals surface area contributed by atoms with Crippen molar-refractivity contribution in [3.63, 3.8) is 0 Å². The number of esters is 1. The Morgan fingerprint density at radius 2 is 1.88 bits per heavy atom. The van der Waals surface area contributed by atoms with Crippen molar-refractivity contribution in [3.05, 3.63) is 23.2 Å². The van der Waals surface area contributed by atoms with Gasteiger partial charge in [-0.3, -0.25) is 14.4 Å². The van der Waals surface area contributed by atoms with E-state index in [1.807, 2.05) is 13.8 Å². The Morgan fingerprint density at radius 3 is 2.41 bits per heavy atom. The molecule has 1 aromatic rings. The molecule has 1 N–H and O–H groups in total. The Labute approximate surface area is 194 Å². The van der Waals surface area contributed by atoms with E-state index in [4.69, 9.17) is 16.3 Å². The maximum absolute atomic E-state index is 12.7. The second-order valence-corrected chi connectivity index (χ2v) is 10.2. The van der Waals surface area contributed by atoms with Gasteiger partial charge in [0.2, 0.25) is 15.9 Å². The summed E-state index contributed by atoms with van der Waals surface area (Å²) in [5.41, 5.74) is 0.0924. The lowest BCUT2D eigenvalue weighted by Gasteiger charge is -2.21. The molecule has 2 amide bonds. The SMILES string of the molecule is CCN(CC)S(=O)(=O)c1ccc(Cl)c(NC(=O)C(C)OC(=O)C2CC(=O)N(C(C)C)C2)c1. The van der Waals surface area contributed by atoms with E-state index in [2.05, 4.69) is 5.32 Å². The van der Waals surface area contributed by atoms with Gasteiger partial charge in [0.05, 0.1) is 21.5 Å². The molecule has 32 heavy (non-hydrogen) atoms. The molecule has 0 saturated carbocycles. The van der Waals surface area contributed by atoms with Crippen molar-refractivity contribution in [2.24, 2.45) is 5.92 Å². The zero-order chi connectivity index (χ0) is 24.2. The van der Waals surface area contributed by atoms with E-state index >= 15 is 0 Å². The number of amides is 2. The molecular weight excluding hydrogens is 458 g/mol. The van der Waals surface area contributed by atoms with Crippen molar-refractivity contribution in [3.8, 4) is 0 Å². The Bertz CT molecular complexity index is 978. The van der Waals surface area contributed by atoms with E-state index in [0.717, 1.165) is 0 Å². The van der Waals surface area contributed by atoms with Gasteiger partial charge in [0.15, 0.2) is 6.10 Å². The summed E-state index contributed by atoms with van der Waals surface area (Å²) < 4.78 is 32.0. The Hall–Kier alpha value is -2.17. The van der Waals surface area contributed by atoms with E-state index in [1.165, 1.54) is 29.4 Å². The molecule has 0 radical (unpaired) electrons. The van der Waals surface area contributed by atoms with Gasteiger partial charge < -0.3 is 15.0 Å². The third-order valence-corrected chi connectivity index (χ3v) is 7.69. The highest BCUT2D eigenvalue weighted by Gasteiger charge is 2.37. The van der Waals surface area contributed by atoms with Gasteiger partial charge >= 0.3 is 5.97 Å². The van der Waals surface area contributed by atoms with Crippen LogP contribution >= 0.6 is 11.6 Å². The molecule has 1 fully saturated rings. The lowest BCUT2D eigenvalue weighted by Crippen LogP contribution is -2.35. The molecule has 2 unspecified atom stereocenters. The van der Waals surface area contributed by atoms with E-state index in [-0.39, 0.29) is 40.5 Å². The molecule has 9 nitrogen and oxygen atoms in total. The standard InChI is InChI=1S/C21H30ClN3O6S/c1-6-24(7-2)32(29,30)16-8-9-17(22)18(11-16)23-20(27)14(5)31-21(28)15-10-19(26)25(12-15)13(3)4/h8-9,11,13-15H,6-7,10,12H2,1-5H3,(H,23,27). The van der Waals surface area contributed by atoms with Crippen LogP contribution in [0.1, 0.15) is 41.0 Å². The van der Waals surface area contributed by atoms with Crippen LogP contribution in [0.2, 0.25) is 5.02 Å². The summed E-state index contributed by atoms with van der Waals surface area (Å²) >= 11 is 6.14. The molecule has 11 heteroatoms. The third kappa shape index (κ3) is 5.79. The highest BCUT2D eigenvalue weighted by atomic mass is 35.5. The molecule has 2 rings (SSSR count). The van der Waals surface area contributed by atoms with Crippen molar-refractivity contribution >= 4 is 45.1 Å². The number of benzene rings is 1. The number of sulfonamides is 1. The third-order valence-electron chi connectivity index (χ3n) is 5.32. The number of halogens is 1. The van der Waals surface area contributed by atoms with E-state index < -0.39 is 33.9 Å². The average molecular weight is 488 g/mol. The van der Waals surface area contributed by atoms with Crippen LogP contribution in [0.3, 0.4) is 0 Å². The second kappa shape index (κ2) is 10.6. The normalized spacial score (nSPS) is 17.7. The van der Waals surface area contributed by atoms with Crippen molar-refractivity contribution in [2.75, 3.05) is 25.0 Å². The van der Waals surface area contributed by atoms with Crippen LogP contribution in [0, 0.1) is 5.92 Å². The molecule has 0 bridgehead atoms. The molecule has 1 saturated heterocycles. The molecule has 0 aliphatic carbocycles. The summed E-state index contributed by atoms with van der Waals surface area (Å²) in [6, 6.07) is 4.00. The molecule has 1 aromatic carbocycles. The molecule has 1 aliphatic rings. The zero-order valence-electron chi connectivity index (χ0n) is 18.9. The first-order valence-corrected chi connectivity index (χ1v) is 12.3. The maximum Gasteiger partial charge on any atom is 0.312 e. The van der Waals surface area contributed by atoms with Gasteiger partial charge in [-0.1, -0.05) is 25.4 Å². The topological polar surface area (TPSA) is 113 Å². The smallest absolute Gasteiger partial charge is 0.312 e. The van der Waals surface area contributed by atoms with Crippen molar-refractivity contribution in [1.82, 2.24) is 9.21 Å². The minimum atomic E-state index is -3.74. The number of nitrogens with one attached hydrogen (secondary N) is 1. The number of hydrogen-bond donors (Lipinski definition) is 1. The van der Waals surface area contributed by atoms with Gasteiger partial charge in [-0.2, -0.15) is 4.31 Å². The average Bonchev–Trinajstić information content (AvgIpc) is 3.12. The lowest BCUT2D eigenvalue weighted by molar-refractivity contribution is -0.157. The van der Waals surface area contributed by atoms with Gasteiger partial charge in [-0.15, -0.1) is 0 Å². The van der Waals surface area contributed by atoms with Crippen LogP contribution < -0.4 is 5.32 Å². The molecular formula is C21H30ClN3O6S. The summed E-state index contributed by atoms with van der Waals surface area (Å²) in [6.07, 6.45) is -1.12. The summed E-state index contributed by atoms with van der Waals surface area (Å²) in [6.45, 7) is 9.43.